The van der Waals surface area contributed by atoms with Crippen LogP contribution in [0.3, 0.4) is 0 Å². The smallest absolute Gasteiger partial charge is 0.159 e. The van der Waals surface area contributed by atoms with Gasteiger partial charge in [-0.05, 0) is 64.4 Å². The molecule has 4 heteroatoms. The molecule has 0 aliphatic heterocycles. The van der Waals surface area contributed by atoms with Crippen LogP contribution < -0.4 is 4.90 Å². The molecular weight excluding hydrogens is 631 g/mol. The maximum Gasteiger partial charge on any atom is 0.159 e. The Kier molecular flexibility index (Phi) is 5.83. The fraction of sp³-hybridized carbons (Fsp3) is 0. The van der Waals surface area contributed by atoms with Gasteiger partial charge in [-0.3, -0.25) is 0 Å². The minimum Gasteiger partial charge on any atom is -0.456 e. The number of benzene rings is 8. The molecule has 0 aliphatic carbocycles. The Morgan fingerprint density at radius 2 is 1.10 bits per heavy atom. The lowest BCUT2D eigenvalue weighted by Crippen LogP contribution is -2.10. The number of hydrogen-bond acceptors (Lipinski definition) is 4. The quantitative estimate of drug-likeness (QED) is 0.189. The average Bonchev–Trinajstić information content (AvgIpc) is 3.87. The summed E-state index contributed by atoms with van der Waals surface area (Å²) in [6.45, 7) is 0. The molecule has 3 nitrogen and oxygen atoms in total. The highest BCUT2D eigenvalue weighted by Gasteiger charge is 2.25. The van der Waals surface area contributed by atoms with Crippen LogP contribution in [0.15, 0.2) is 173 Å². The van der Waals surface area contributed by atoms with Crippen molar-refractivity contribution in [2.45, 2.75) is 0 Å². The van der Waals surface area contributed by atoms with Gasteiger partial charge in [-0.1, -0.05) is 115 Å². The standard InChI is InChI=1S/C46H27NO2S/c1-2-11-30-26-31(21-20-28(30)10-1)29-22-24-32(25-23-29)47(37-16-9-15-34-33-12-3-6-17-39(33)49-45(34)37)38-27-41-44(35-13-4-7-18-40(35)48-41)46-43(38)36-14-5-8-19-42(36)50-46/h1-27H. The first-order valence-electron chi connectivity index (χ1n) is 16.8. The van der Waals surface area contributed by atoms with Gasteiger partial charge in [-0.25, -0.2) is 0 Å². The van der Waals surface area contributed by atoms with Crippen LogP contribution in [-0.2, 0) is 0 Å². The van der Waals surface area contributed by atoms with Gasteiger partial charge in [0, 0.05) is 53.5 Å². The monoisotopic (exact) mass is 657 g/mol. The first-order valence-corrected chi connectivity index (χ1v) is 17.7. The van der Waals surface area contributed by atoms with E-state index >= 15 is 0 Å². The average molecular weight is 658 g/mol. The molecule has 0 bridgehead atoms. The van der Waals surface area contributed by atoms with Crippen LogP contribution >= 0.6 is 11.3 Å². The Morgan fingerprint density at radius 1 is 0.420 bits per heavy atom. The van der Waals surface area contributed by atoms with Crippen molar-refractivity contribution in [1.29, 1.82) is 0 Å². The maximum absolute atomic E-state index is 6.70. The maximum atomic E-state index is 6.70. The van der Waals surface area contributed by atoms with Gasteiger partial charge in [0.05, 0.1) is 11.4 Å². The molecule has 0 radical (unpaired) electrons. The summed E-state index contributed by atoms with van der Waals surface area (Å²) in [6, 6.07) is 58.2. The summed E-state index contributed by atoms with van der Waals surface area (Å²) in [4.78, 5) is 2.36. The molecular formula is C46H27NO2S. The number of hydrogen-bond donors (Lipinski definition) is 0. The Balaban J connectivity index is 1.22. The van der Waals surface area contributed by atoms with E-state index in [9.17, 15) is 0 Å². The van der Waals surface area contributed by atoms with Crippen LogP contribution in [0, 0.1) is 0 Å². The van der Waals surface area contributed by atoms with Gasteiger partial charge in [-0.2, -0.15) is 0 Å². The normalized spacial score (nSPS) is 12.0. The second-order valence-corrected chi connectivity index (χ2v) is 13.9. The van der Waals surface area contributed by atoms with E-state index in [2.05, 4.69) is 150 Å². The number of anilines is 3. The molecule has 0 fully saturated rings. The van der Waals surface area contributed by atoms with Crippen LogP contribution in [0.25, 0.3) is 85.9 Å². The summed E-state index contributed by atoms with van der Waals surface area (Å²) >= 11 is 1.83. The number of thiophene rings is 1. The van der Waals surface area contributed by atoms with Crippen molar-refractivity contribution in [2.24, 2.45) is 0 Å². The van der Waals surface area contributed by atoms with Gasteiger partial charge >= 0.3 is 0 Å². The summed E-state index contributed by atoms with van der Waals surface area (Å²) in [5.74, 6) is 0. The van der Waals surface area contributed by atoms with Crippen LogP contribution in [-0.4, -0.2) is 0 Å². The molecule has 3 heterocycles. The van der Waals surface area contributed by atoms with Crippen molar-refractivity contribution in [3.8, 4) is 11.1 Å². The third-order valence-electron chi connectivity index (χ3n) is 10.0. The van der Waals surface area contributed by atoms with E-state index in [-0.39, 0.29) is 0 Å². The van der Waals surface area contributed by atoms with Crippen molar-refractivity contribution in [3.63, 3.8) is 0 Å². The number of furan rings is 2. The highest BCUT2D eigenvalue weighted by molar-refractivity contribution is 7.27. The van der Waals surface area contributed by atoms with Crippen molar-refractivity contribution in [1.82, 2.24) is 0 Å². The Labute approximate surface area is 290 Å². The van der Waals surface area contributed by atoms with Crippen LogP contribution in [0.4, 0.5) is 17.1 Å². The van der Waals surface area contributed by atoms with E-state index in [1.807, 2.05) is 29.5 Å². The Morgan fingerprint density at radius 3 is 1.96 bits per heavy atom. The van der Waals surface area contributed by atoms with Crippen molar-refractivity contribution in [3.05, 3.63) is 164 Å². The first-order chi connectivity index (χ1) is 24.8. The largest absolute Gasteiger partial charge is 0.456 e. The molecule has 0 aliphatic rings. The Hall–Kier alpha value is -6.36. The van der Waals surface area contributed by atoms with E-state index in [4.69, 9.17) is 8.83 Å². The molecule has 3 aromatic heterocycles. The molecule has 11 aromatic rings. The van der Waals surface area contributed by atoms with Gasteiger partial charge in [0.25, 0.3) is 0 Å². The molecule has 0 spiro atoms. The fourth-order valence-corrected chi connectivity index (χ4v) is 9.01. The number of nitrogens with zero attached hydrogens (tertiary/aromatic N) is 1. The SMILES string of the molecule is c1ccc2cc(-c3ccc(N(c4cccc5c4oc4ccccc45)c4cc5oc6ccccc6c5c5sc6ccccc6c45)cc3)ccc2c1. The van der Waals surface area contributed by atoms with Crippen molar-refractivity contribution in [2.75, 3.05) is 4.90 Å². The minimum atomic E-state index is 0.852. The van der Waals surface area contributed by atoms with Gasteiger partial charge in [0.15, 0.2) is 5.58 Å². The van der Waals surface area contributed by atoms with E-state index in [1.165, 1.54) is 42.1 Å². The zero-order valence-electron chi connectivity index (χ0n) is 26.8. The van der Waals surface area contributed by atoms with E-state index in [1.54, 1.807) is 0 Å². The molecule has 0 saturated heterocycles. The van der Waals surface area contributed by atoms with Crippen LogP contribution in [0.2, 0.25) is 0 Å². The third-order valence-corrected chi connectivity index (χ3v) is 11.2. The van der Waals surface area contributed by atoms with E-state index in [0.29, 0.717) is 0 Å². The van der Waals surface area contributed by atoms with Crippen LogP contribution in [0.1, 0.15) is 0 Å². The minimum absolute atomic E-state index is 0.852. The van der Waals surface area contributed by atoms with Crippen molar-refractivity contribution >= 4 is 103 Å². The molecule has 50 heavy (non-hydrogen) atoms. The topological polar surface area (TPSA) is 29.5 Å². The van der Waals surface area contributed by atoms with Gasteiger partial charge in [0.2, 0.25) is 0 Å². The summed E-state index contributed by atoms with van der Waals surface area (Å²) in [7, 11) is 0. The molecule has 11 rings (SSSR count). The fourth-order valence-electron chi connectivity index (χ4n) is 7.74. The summed E-state index contributed by atoms with van der Waals surface area (Å²) < 4.78 is 15.8. The molecule has 0 N–H and O–H groups in total. The molecule has 0 saturated carbocycles. The summed E-state index contributed by atoms with van der Waals surface area (Å²) in [6.07, 6.45) is 0. The predicted octanol–water partition coefficient (Wildman–Crippen LogP) is 14.1. The first kappa shape index (κ1) is 27.6. The molecule has 234 valence electrons. The molecule has 0 unspecified atom stereocenters. The lowest BCUT2D eigenvalue weighted by Gasteiger charge is -2.27. The molecule has 0 atom stereocenters. The summed E-state index contributed by atoms with van der Waals surface area (Å²) in [5, 5.41) is 9.40. The van der Waals surface area contributed by atoms with Crippen LogP contribution in [0.5, 0.6) is 0 Å². The zero-order chi connectivity index (χ0) is 32.8. The Bertz CT molecular complexity index is 3110. The lowest BCUT2D eigenvalue weighted by molar-refractivity contribution is 0.667. The van der Waals surface area contributed by atoms with Crippen molar-refractivity contribution < 1.29 is 8.83 Å². The zero-order valence-corrected chi connectivity index (χ0v) is 27.6. The van der Waals surface area contributed by atoms with E-state index in [0.717, 1.165) is 60.9 Å². The van der Waals surface area contributed by atoms with Gasteiger partial charge in [0.1, 0.15) is 16.7 Å². The summed E-state index contributed by atoms with van der Waals surface area (Å²) in [5.41, 5.74) is 8.91. The highest BCUT2D eigenvalue weighted by Crippen LogP contribution is 2.51. The second kappa shape index (κ2) is 10.6. The predicted molar refractivity (Wildman–Crippen MR) is 212 cm³/mol. The third kappa shape index (κ3) is 4.03. The van der Waals surface area contributed by atoms with Gasteiger partial charge in [-0.15, -0.1) is 11.3 Å². The van der Waals surface area contributed by atoms with Gasteiger partial charge < -0.3 is 13.7 Å². The molecule has 8 aromatic carbocycles. The number of fused-ring (bicyclic) bond motifs is 11. The molecule has 0 amide bonds. The second-order valence-electron chi connectivity index (χ2n) is 12.9. The lowest BCUT2D eigenvalue weighted by atomic mass is 10.0. The van der Waals surface area contributed by atoms with E-state index < -0.39 is 0 Å². The number of rotatable bonds is 4. The number of para-hydroxylation sites is 3. The highest BCUT2D eigenvalue weighted by atomic mass is 32.1.